The normalized spacial score (nSPS) is 10.9. The van der Waals surface area contributed by atoms with Crippen molar-refractivity contribution in [1.82, 2.24) is 9.55 Å². The molecule has 0 atom stereocenters. The van der Waals surface area contributed by atoms with Crippen molar-refractivity contribution < 1.29 is 23.9 Å². The molecule has 0 aliphatic heterocycles. The zero-order chi connectivity index (χ0) is 26.5. The predicted octanol–water partition coefficient (Wildman–Crippen LogP) is 4.33. The number of anilines is 1. The summed E-state index contributed by atoms with van der Waals surface area (Å²) in [5.74, 6) is -1.43. The molecule has 0 saturated heterocycles. The molecule has 2 aromatic heterocycles. The van der Waals surface area contributed by atoms with Crippen LogP contribution in [0.15, 0.2) is 65.7 Å². The molecular weight excluding hydrogens is 494 g/mol. The first kappa shape index (κ1) is 25.8. The summed E-state index contributed by atoms with van der Waals surface area (Å²) < 4.78 is 11.7. The summed E-state index contributed by atoms with van der Waals surface area (Å²) in [6, 6.07) is 15.5. The van der Waals surface area contributed by atoms with Gasteiger partial charge in [-0.05, 0) is 56.2 Å². The smallest absolute Gasteiger partial charge is 0.349 e. The summed E-state index contributed by atoms with van der Waals surface area (Å²) in [6.45, 7) is 5.03. The Morgan fingerprint density at radius 3 is 2.41 bits per heavy atom. The van der Waals surface area contributed by atoms with E-state index in [2.05, 4.69) is 10.3 Å². The number of amides is 1. The van der Waals surface area contributed by atoms with E-state index in [0.717, 1.165) is 16.9 Å². The number of aryl methyl sites for hydroxylation is 1. The largest absolute Gasteiger partial charge is 0.459 e. The number of nitrogens with zero attached hydrogens (tertiary/aromatic N) is 2. The van der Waals surface area contributed by atoms with Crippen molar-refractivity contribution in [2.75, 3.05) is 5.32 Å². The van der Waals surface area contributed by atoms with Crippen LogP contribution in [0, 0.1) is 6.92 Å². The van der Waals surface area contributed by atoms with Crippen molar-refractivity contribution in [3.8, 4) is 0 Å². The van der Waals surface area contributed by atoms with Crippen molar-refractivity contribution in [3.63, 3.8) is 0 Å². The lowest BCUT2D eigenvalue weighted by Gasteiger charge is -2.10. The van der Waals surface area contributed by atoms with Crippen LogP contribution in [0.1, 0.15) is 45.0 Å². The number of rotatable bonds is 8. The minimum Gasteiger partial charge on any atom is -0.459 e. The van der Waals surface area contributed by atoms with Gasteiger partial charge in [0.2, 0.25) is 5.91 Å². The van der Waals surface area contributed by atoms with E-state index < -0.39 is 23.4 Å². The lowest BCUT2D eigenvalue weighted by molar-refractivity contribution is -0.116. The van der Waals surface area contributed by atoms with Crippen molar-refractivity contribution in [2.45, 2.75) is 40.0 Å². The number of esters is 2. The Labute approximate surface area is 216 Å². The van der Waals surface area contributed by atoms with E-state index in [4.69, 9.17) is 9.47 Å². The number of fused-ring (bicyclic) bond motifs is 1. The molecule has 4 rings (SSSR count). The second-order valence-electron chi connectivity index (χ2n) is 8.56. The molecule has 1 N–H and O–H groups in total. The lowest BCUT2D eigenvalue weighted by atomic mass is 10.2. The molecule has 0 radical (unpaired) electrons. The predicted molar refractivity (Wildman–Crippen MR) is 140 cm³/mol. The molecule has 190 valence electrons. The van der Waals surface area contributed by atoms with Gasteiger partial charge in [0.25, 0.3) is 5.56 Å². The molecule has 0 aliphatic rings. The zero-order valence-electron chi connectivity index (χ0n) is 20.5. The molecule has 0 aliphatic carbocycles. The second-order valence-corrected chi connectivity index (χ2v) is 9.55. The fourth-order valence-electron chi connectivity index (χ4n) is 3.58. The van der Waals surface area contributed by atoms with E-state index >= 15 is 0 Å². The van der Waals surface area contributed by atoms with Gasteiger partial charge in [0.1, 0.15) is 22.9 Å². The number of carbonyl (C=O) groups is 3. The molecular formula is C27H25N3O6S. The van der Waals surface area contributed by atoms with Gasteiger partial charge in [-0.2, -0.15) is 0 Å². The van der Waals surface area contributed by atoms with E-state index in [1.165, 1.54) is 10.9 Å². The molecule has 0 spiro atoms. The SMILES string of the molecule is Cc1c(C(=O)OCc2ccccc2)sc2ncn(CC(=O)Nc3ccc(C(=O)OC(C)C)cc3)c(=O)c12. The Balaban J connectivity index is 1.45. The Kier molecular flexibility index (Phi) is 7.78. The average molecular weight is 520 g/mol. The third kappa shape index (κ3) is 6.10. The minimum atomic E-state index is -0.534. The minimum absolute atomic E-state index is 0.116. The highest BCUT2D eigenvalue weighted by Crippen LogP contribution is 2.27. The maximum absolute atomic E-state index is 13.1. The fourth-order valence-corrected chi connectivity index (χ4v) is 4.62. The molecule has 37 heavy (non-hydrogen) atoms. The van der Waals surface area contributed by atoms with E-state index in [1.807, 2.05) is 30.3 Å². The van der Waals surface area contributed by atoms with Gasteiger partial charge in [0, 0.05) is 5.69 Å². The highest BCUT2D eigenvalue weighted by atomic mass is 32.1. The number of hydrogen-bond acceptors (Lipinski definition) is 8. The molecule has 10 heteroatoms. The van der Waals surface area contributed by atoms with Crippen LogP contribution in [0.2, 0.25) is 0 Å². The number of aromatic nitrogens is 2. The molecule has 1 amide bonds. The summed E-state index contributed by atoms with van der Waals surface area (Å²) in [6.07, 6.45) is 1.05. The number of thiophene rings is 1. The third-order valence-corrected chi connectivity index (χ3v) is 6.56. The van der Waals surface area contributed by atoms with Gasteiger partial charge in [-0.25, -0.2) is 14.6 Å². The van der Waals surface area contributed by atoms with Crippen LogP contribution in [-0.2, 0) is 27.4 Å². The first-order valence-electron chi connectivity index (χ1n) is 11.5. The Morgan fingerprint density at radius 1 is 1.03 bits per heavy atom. The van der Waals surface area contributed by atoms with E-state index in [9.17, 15) is 19.2 Å². The van der Waals surface area contributed by atoms with Crippen molar-refractivity contribution in [2.24, 2.45) is 0 Å². The summed E-state index contributed by atoms with van der Waals surface area (Å²) in [4.78, 5) is 55.3. The number of benzene rings is 2. The Bertz CT molecular complexity index is 1510. The van der Waals surface area contributed by atoms with Crippen molar-refractivity contribution >= 4 is 45.1 Å². The van der Waals surface area contributed by atoms with Gasteiger partial charge in [-0.15, -0.1) is 11.3 Å². The van der Waals surface area contributed by atoms with Gasteiger partial charge >= 0.3 is 11.9 Å². The fraction of sp³-hybridized carbons (Fsp3) is 0.222. The molecule has 9 nitrogen and oxygen atoms in total. The van der Waals surface area contributed by atoms with Gasteiger partial charge in [-0.1, -0.05) is 30.3 Å². The number of ether oxygens (including phenoxy) is 2. The summed E-state index contributed by atoms with van der Waals surface area (Å²) in [5.41, 5.74) is 1.72. The van der Waals surface area contributed by atoms with E-state index in [1.54, 1.807) is 45.0 Å². The molecule has 0 bridgehead atoms. The molecule has 2 heterocycles. The number of nitrogens with one attached hydrogen (secondary N) is 1. The van der Waals surface area contributed by atoms with Crippen LogP contribution >= 0.6 is 11.3 Å². The topological polar surface area (TPSA) is 117 Å². The maximum Gasteiger partial charge on any atom is 0.349 e. The standard InChI is InChI=1S/C27H25N3O6S/c1-16(2)36-26(33)19-9-11-20(12-10-19)29-21(31)13-30-15-28-24-22(25(30)32)17(3)23(37-24)27(34)35-14-18-7-5-4-6-8-18/h4-12,15-16H,13-14H2,1-3H3,(H,29,31). The van der Waals surface area contributed by atoms with E-state index in [0.29, 0.717) is 26.5 Å². The third-order valence-electron chi connectivity index (χ3n) is 5.38. The van der Waals surface area contributed by atoms with Crippen LogP contribution in [0.25, 0.3) is 10.2 Å². The van der Waals surface area contributed by atoms with E-state index in [-0.39, 0.29) is 24.6 Å². The Hall–Kier alpha value is -4.31. The molecule has 0 unspecified atom stereocenters. The first-order chi connectivity index (χ1) is 17.7. The van der Waals surface area contributed by atoms with Crippen molar-refractivity contribution in [3.05, 3.63) is 92.8 Å². The average Bonchev–Trinajstić information content (AvgIpc) is 3.22. The summed E-state index contributed by atoms with van der Waals surface area (Å²) in [7, 11) is 0. The lowest BCUT2D eigenvalue weighted by Crippen LogP contribution is -2.28. The van der Waals surface area contributed by atoms with Crippen molar-refractivity contribution in [1.29, 1.82) is 0 Å². The molecule has 0 fully saturated rings. The zero-order valence-corrected chi connectivity index (χ0v) is 21.3. The van der Waals surface area contributed by atoms with Crippen LogP contribution < -0.4 is 10.9 Å². The molecule has 0 saturated carbocycles. The number of carbonyl (C=O) groups excluding carboxylic acids is 3. The quantitative estimate of drug-likeness (QED) is 0.345. The highest BCUT2D eigenvalue weighted by Gasteiger charge is 2.21. The Morgan fingerprint density at radius 2 is 1.73 bits per heavy atom. The molecule has 4 aromatic rings. The second kappa shape index (κ2) is 11.2. The van der Waals surface area contributed by atoms with Crippen LogP contribution in [0.4, 0.5) is 5.69 Å². The molecule has 2 aromatic carbocycles. The highest BCUT2D eigenvalue weighted by molar-refractivity contribution is 7.20. The summed E-state index contributed by atoms with van der Waals surface area (Å²) in [5, 5.41) is 2.97. The first-order valence-corrected chi connectivity index (χ1v) is 12.3. The monoisotopic (exact) mass is 519 g/mol. The summed E-state index contributed by atoms with van der Waals surface area (Å²) >= 11 is 1.08. The van der Waals surface area contributed by atoms with Gasteiger partial charge < -0.3 is 14.8 Å². The van der Waals surface area contributed by atoms with Gasteiger partial charge in [-0.3, -0.25) is 14.2 Å². The number of hydrogen-bond donors (Lipinski definition) is 1. The maximum atomic E-state index is 13.1. The van der Waals surface area contributed by atoms with Gasteiger partial charge in [0.15, 0.2) is 0 Å². The van der Waals surface area contributed by atoms with Crippen LogP contribution in [0.5, 0.6) is 0 Å². The van der Waals surface area contributed by atoms with Crippen LogP contribution in [0.3, 0.4) is 0 Å². The van der Waals surface area contributed by atoms with Gasteiger partial charge in [0.05, 0.1) is 23.4 Å². The van der Waals surface area contributed by atoms with Crippen LogP contribution in [-0.4, -0.2) is 33.5 Å².